The van der Waals surface area contributed by atoms with Crippen molar-refractivity contribution in [3.8, 4) is 0 Å². The summed E-state index contributed by atoms with van der Waals surface area (Å²) >= 11 is 0. The molecular formula is C17H20N4O3. The normalized spacial score (nSPS) is 17.2. The van der Waals surface area contributed by atoms with E-state index in [1.54, 1.807) is 6.33 Å². The molecule has 0 saturated heterocycles. The first-order chi connectivity index (χ1) is 11.6. The highest BCUT2D eigenvalue weighted by molar-refractivity contribution is 5.88. The monoisotopic (exact) mass is 328 g/mol. The minimum Gasteiger partial charge on any atom is -0.468 e. The molecule has 0 fully saturated rings. The van der Waals surface area contributed by atoms with Gasteiger partial charge >= 0.3 is 5.97 Å². The van der Waals surface area contributed by atoms with Crippen molar-refractivity contribution in [1.29, 1.82) is 0 Å². The van der Waals surface area contributed by atoms with Crippen LogP contribution in [0.25, 0.3) is 0 Å². The van der Waals surface area contributed by atoms with Gasteiger partial charge in [0.25, 0.3) is 0 Å². The first-order valence-electron chi connectivity index (χ1n) is 7.76. The van der Waals surface area contributed by atoms with E-state index in [1.807, 2.05) is 24.3 Å². The van der Waals surface area contributed by atoms with Gasteiger partial charge in [0, 0.05) is 32.1 Å². The highest BCUT2D eigenvalue weighted by atomic mass is 16.5. The fourth-order valence-corrected chi connectivity index (χ4v) is 2.95. The molecule has 1 aromatic heterocycles. The van der Waals surface area contributed by atoms with Crippen molar-refractivity contribution in [2.75, 3.05) is 12.4 Å². The van der Waals surface area contributed by atoms with E-state index in [2.05, 4.69) is 20.2 Å². The number of aromatic amines is 1. The van der Waals surface area contributed by atoms with Crippen LogP contribution in [-0.4, -0.2) is 39.9 Å². The summed E-state index contributed by atoms with van der Waals surface area (Å²) in [6.45, 7) is 2.70. The van der Waals surface area contributed by atoms with E-state index in [9.17, 15) is 9.59 Å². The summed E-state index contributed by atoms with van der Waals surface area (Å²) in [6.07, 6.45) is 2.19. The van der Waals surface area contributed by atoms with Crippen LogP contribution in [0.1, 0.15) is 23.9 Å². The zero-order chi connectivity index (χ0) is 17.1. The minimum absolute atomic E-state index is 0.101. The largest absolute Gasteiger partial charge is 0.468 e. The number of H-pyrrole nitrogens is 1. The number of methoxy groups -OCH3 is 1. The molecule has 1 aliphatic rings. The lowest BCUT2D eigenvalue weighted by atomic mass is 10.0. The van der Waals surface area contributed by atoms with Gasteiger partial charge in [-0.05, 0) is 17.7 Å². The van der Waals surface area contributed by atoms with Gasteiger partial charge in [0.15, 0.2) is 0 Å². The van der Waals surface area contributed by atoms with Gasteiger partial charge in [-0.25, -0.2) is 4.98 Å². The van der Waals surface area contributed by atoms with Gasteiger partial charge in [-0.15, -0.1) is 0 Å². The van der Waals surface area contributed by atoms with Crippen molar-refractivity contribution < 1.29 is 14.3 Å². The molecule has 1 atom stereocenters. The van der Waals surface area contributed by atoms with E-state index < -0.39 is 0 Å². The number of aromatic nitrogens is 2. The third-order valence-corrected chi connectivity index (χ3v) is 4.13. The Kier molecular flexibility index (Phi) is 4.61. The summed E-state index contributed by atoms with van der Waals surface area (Å²) in [4.78, 5) is 32.7. The van der Waals surface area contributed by atoms with Gasteiger partial charge in [0.05, 0.1) is 24.8 Å². The maximum absolute atomic E-state index is 12.1. The molecule has 2 heterocycles. The number of fused-ring (bicyclic) bond motifs is 1. The predicted molar refractivity (Wildman–Crippen MR) is 88.1 cm³/mol. The number of esters is 1. The van der Waals surface area contributed by atoms with Crippen LogP contribution in [0.15, 0.2) is 30.6 Å². The Hall–Kier alpha value is -2.67. The third-order valence-electron chi connectivity index (χ3n) is 4.13. The highest BCUT2D eigenvalue weighted by Crippen LogP contribution is 2.24. The molecule has 0 aliphatic carbocycles. The quantitative estimate of drug-likeness (QED) is 0.830. The van der Waals surface area contributed by atoms with E-state index in [1.165, 1.54) is 14.0 Å². The second-order valence-electron chi connectivity index (χ2n) is 5.85. The molecule has 0 radical (unpaired) electrons. The second-order valence-corrected chi connectivity index (χ2v) is 5.85. The second kappa shape index (κ2) is 6.84. The van der Waals surface area contributed by atoms with Crippen molar-refractivity contribution in [1.82, 2.24) is 14.9 Å². The minimum atomic E-state index is -0.346. The fraction of sp³-hybridized carbons (Fsp3) is 0.353. The number of hydrogen-bond donors (Lipinski definition) is 2. The van der Waals surface area contributed by atoms with Gasteiger partial charge < -0.3 is 15.0 Å². The molecule has 0 spiro atoms. The first-order valence-corrected chi connectivity index (χ1v) is 7.76. The Morgan fingerprint density at radius 1 is 1.38 bits per heavy atom. The summed E-state index contributed by atoms with van der Waals surface area (Å²) in [5, 5.41) is 2.74. The Morgan fingerprint density at radius 2 is 2.12 bits per heavy atom. The molecule has 0 saturated carbocycles. The highest BCUT2D eigenvalue weighted by Gasteiger charge is 2.33. The molecule has 2 aromatic rings. The molecular weight excluding hydrogens is 308 g/mol. The number of benzene rings is 1. The number of rotatable bonds is 4. The van der Waals surface area contributed by atoms with Crippen LogP contribution >= 0.6 is 0 Å². The number of carbonyl (C=O) groups is 2. The number of imidazole rings is 1. The Bertz CT molecular complexity index is 739. The van der Waals surface area contributed by atoms with Crippen molar-refractivity contribution in [2.45, 2.75) is 32.5 Å². The van der Waals surface area contributed by atoms with Gasteiger partial charge in [-0.2, -0.15) is 0 Å². The number of amides is 1. The number of nitrogens with one attached hydrogen (secondary N) is 2. The lowest BCUT2D eigenvalue weighted by molar-refractivity contribution is -0.148. The summed E-state index contributed by atoms with van der Waals surface area (Å²) in [5.74, 6) is -0.352. The molecule has 1 aromatic carbocycles. The van der Waals surface area contributed by atoms with Crippen LogP contribution in [0.2, 0.25) is 0 Å². The topological polar surface area (TPSA) is 87.3 Å². The maximum Gasteiger partial charge on any atom is 0.323 e. The maximum atomic E-state index is 12.1. The summed E-state index contributed by atoms with van der Waals surface area (Å²) in [5.41, 5.74) is 3.76. The van der Waals surface area contributed by atoms with Crippen LogP contribution in [0.4, 0.5) is 5.69 Å². The Morgan fingerprint density at radius 3 is 2.79 bits per heavy atom. The molecule has 0 unspecified atom stereocenters. The van der Waals surface area contributed by atoms with Crippen LogP contribution in [0, 0.1) is 0 Å². The van der Waals surface area contributed by atoms with Gasteiger partial charge in [0.1, 0.15) is 6.04 Å². The Labute approximate surface area is 140 Å². The number of nitrogens with zero attached hydrogens (tertiary/aromatic N) is 2. The third kappa shape index (κ3) is 3.46. The Balaban J connectivity index is 1.76. The summed E-state index contributed by atoms with van der Waals surface area (Å²) in [7, 11) is 1.41. The fourth-order valence-electron chi connectivity index (χ4n) is 2.95. The zero-order valence-corrected chi connectivity index (χ0v) is 13.7. The first kappa shape index (κ1) is 16.2. The number of carbonyl (C=O) groups excluding carboxylic acids is 2. The van der Waals surface area contributed by atoms with E-state index in [0.29, 0.717) is 19.5 Å². The smallest absolute Gasteiger partial charge is 0.323 e. The molecule has 126 valence electrons. The van der Waals surface area contributed by atoms with E-state index in [0.717, 1.165) is 22.6 Å². The molecule has 7 nitrogen and oxygen atoms in total. The number of anilines is 1. The van der Waals surface area contributed by atoms with Crippen molar-refractivity contribution >= 4 is 17.6 Å². The van der Waals surface area contributed by atoms with Crippen LogP contribution in [0.5, 0.6) is 0 Å². The summed E-state index contributed by atoms with van der Waals surface area (Å²) < 4.78 is 4.95. The zero-order valence-electron chi connectivity index (χ0n) is 13.7. The van der Waals surface area contributed by atoms with Gasteiger partial charge in [-0.3, -0.25) is 14.5 Å². The van der Waals surface area contributed by atoms with Crippen LogP contribution in [0.3, 0.4) is 0 Å². The number of ether oxygens (including phenoxy) is 1. The number of hydrogen-bond acceptors (Lipinski definition) is 5. The van der Waals surface area contributed by atoms with Crippen LogP contribution < -0.4 is 5.32 Å². The molecule has 2 N–H and O–H groups in total. The molecule has 1 amide bonds. The predicted octanol–water partition coefficient (Wildman–Crippen LogP) is 1.47. The van der Waals surface area contributed by atoms with Gasteiger partial charge in [0.2, 0.25) is 5.91 Å². The van der Waals surface area contributed by atoms with Crippen molar-refractivity contribution in [2.24, 2.45) is 0 Å². The van der Waals surface area contributed by atoms with E-state index in [4.69, 9.17) is 4.74 Å². The molecule has 3 rings (SSSR count). The lowest BCUT2D eigenvalue weighted by Crippen LogP contribution is -2.45. The van der Waals surface area contributed by atoms with E-state index >= 15 is 0 Å². The van der Waals surface area contributed by atoms with Gasteiger partial charge in [-0.1, -0.05) is 12.1 Å². The summed E-state index contributed by atoms with van der Waals surface area (Å²) in [6, 6.07) is 7.26. The van der Waals surface area contributed by atoms with Crippen LogP contribution in [-0.2, 0) is 33.8 Å². The molecule has 7 heteroatoms. The average molecular weight is 328 g/mol. The standard InChI is InChI=1S/C17H20N4O3/c1-11(22)20-13-5-3-12(4-6-13)8-21-9-15-14(18-10-19-15)7-16(21)17(23)24-2/h3-6,10,16H,7-9H2,1-2H3,(H,18,19)(H,20,22)/t16-/m0/s1. The lowest BCUT2D eigenvalue weighted by Gasteiger charge is -2.33. The SMILES string of the molecule is COC(=O)[C@@H]1Cc2nc[nH]c2CN1Cc1ccc(NC(C)=O)cc1. The van der Waals surface area contributed by atoms with E-state index in [-0.39, 0.29) is 17.9 Å². The molecule has 0 bridgehead atoms. The van der Waals surface area contributed by atoms with Crippen molar-refractivity contribution in [3.05, 3.63) is 47.5 Å². The molecule has 1 aliphatic heterocycles. The van der Waals surface area contributed by atoms with Crippen molar-refractivity contribution in [3.63, 3.8) is 0 Å². The molecule has 24 heavy (non-hydrogen) atoms. The average Bonchev–Trinajstić information content (AvgIpc) is 3.02.